The molecule has 0 amide bonds. The van der Waals surface area contributed by atoms with Crippen LogP contribution >= 0.6 is 0 Å². The summed E-state index contributed by atoms with van der Waals surface area (Å²) in [5, 5.41) is 15.2. The van der Waals surface area contributed by atoms with E-state index in [1.54, 1.807) is 0 Å². The van der Waals surface area contributed by atoms with Crippen LogP contribution in [0.1, 0.15) is 44.3 Å². The Hall–Kier alpha value is -1.52. The molecule has 0 bridgehead atoms. The van der Waals surface area contributed by atoms with Crippen LogP contribution in [0.25, 0.3) is 10.9 Å². The van der Waals surface area contributed by atoms with Crippen molar-refractivity contribution in [1.82, 2.24) is 10.3 Å². The summed E-state index contributed by atoms with van der Waals surface area (Å²) in [6.45, 7) is 3.81. The lowest BCUT2D eigenvalue weighted by atomic mass is 9.94. The highest BCUT2D eigenvalue weighted by Gasteiger charge is 2.24. The molecule has 1 aromatic carbocycles. The summed E-state index contributed by atoms with van der Waals surface area (Å²) in [5.74, 6) is 0.869. The number of piperidine rings is 1. The average Bonchev–Trinajstić information content (AvgIpc) is 2.96. The fourth-order valence-corrected chi connectivity index (χ4v) is 3.04. The average molecular weight is 288 g/mol. The van der Waals surface area contributed by atoms with E-state index in [0.717, 1.165) is 48.2 Å². The highest BCUT2D eigenvalue weighted by molar-refractivity contribution is 5.85. The zero-order valence-corrected chi connectivity index (χ0v) is 12.6. The molecule has 1 saturated heterocycles. The largest absolute Gasteiger partial charge is 0.494 e. The molecular formula is C17H24N2O2. The Morgan fingerprint density at radius 1 is 1.38 bits per heavy atom. The third-order valence-electron chi connectivity index (χ3n) is 4.21. The van der Waals surface area contributed by atoms with Gasteiger partial charge in [-0.25, -0.2) is 0 Å². The third-order valence-corrected chi connectivity index (χ3v) is 4.21. The van der Waals surface area contributed by atoms with Gasteiger partial charge >= 0.3 is 0 Å². The summed E-state index contributed by atoms with van der Waals surface area (Å²) in [6, 6.07) is 6.18. The maximum Gasteiger partial charge on any atom is 0.120 e. The number of hydrogen-bond donors (Lipinski definition) is 3. The molecule has 3 N–H and O–H groups in total. The topological polar surface area (TPSA) is 57.3 Å². The molecule has 0 spiro atoms. The Morgan fingerprint density at radius 3 is 3.05 bits per heavy atom. The van der Waals surface area contributed by atoms with E-state index >= 15 is 0 Å². The maximum atomic E-state index is 10.7. The Kier molecular flexibility index (Phi) is 4.46. The summed E-state index contributed by atoms with van der Waals surface area (Å²) in [7, 11) is 0. The van der Waals surface area contributed by atoms with Gasteiger partial charge in [0, 0.05) is 28.7 Å². The van der Waals surface area contributed by atoms with Crippen molar-refractivity contribution in [3.8, 4) is 5.75 Å². The van der Waals surface area contributed by atoms with Gasteiger partial charge < -0.3 is 20.1 Å². The van der Waals surface area contributed by atoms with Crippen molar-refractivity contribution in [1.29, 1.82) is 0 Å². The number of aliphatic hydroxyl groups is 1. The highest BCUT2D eigenvalue weighted by Crippen LogP contribution is 2.31. The van der Waals surface area contributed by atoms with Gasteiger partial charge in [-0.3, -0.25) is 0 Å². The minimum atomic E-state index is -0.472. The quantitative estimate of drug-likeness (QED) is 0.792. The molecule has 1 aliphatic heterocycles. The minimum Gasteiger partial charge on any atom is -0.494 e. The zero-order chi connectivity index (χ0) is 14.7. The molecule has 0 aliphatic carbocycles. The second-order valence-electron chi connectivity index (χ2n) is 5.80. The van der Waals surface area contributed by atoms with Crippen LogP contribution in [0, 0.1) is 0 Å². The van der Waals surface area contributed by atoms with Crippen molar-refractivity contribution in [2.45, 2.75) is 44.8 Å². The molecule has 2 aromatic rings. The van der Waals surface area contributed by atoms with E-state index < -0.39 is 6.10 Å². The van der Waals surface area contributed by atoms with Crippen molar-refractivity contribution < 1.29 is 9.84 Å². The smallest absolute Gasteiger partial charge is 0.120 e. The van der Waals surface area contributed by atoms with Crippen LogP contribution in [0.15, 0.2) is 24.4 Å². The van der Waals surface area contributed by atoms with Crippen LogP contribution in [-0.2, 0) is 0 Å². The van der Waals surface area contributed by atoms with Gasteiger partial charge in [0.2, 0.25) is 0 Å². The fraction of sp³-hybridized carbons (Fsp3) is 0.529. The monoisotopic (exact) mass is 288 g/mol. The molecule has 1 aliphatic rings. The molecule has 2 heterocycles. The number of rotatable bonds is 5. The van der Waals surface area contributed by atoms with Gasteiger partial charge in [-0.1, -0.05) is 13.3 Å². The summed E-state index contributed by atoms with van der Waals surface area (Å²) >= 11 is 0. The fourth-order valence-electron chi connectivity index (χ4n) is 3.04. The molecule has 0 saturated carbocycles. The van der Waals surface area contributed by atoms with E-state index in [-0.39, 0.29) is 6.04 Å². The molecular weight excluding hydrogens is 264 g/mol. The van der Waals surface area contributed by atoms with Crippen molar-refractivity contribution in [2.24, 2.45) is 0 Å². The molecule has 2 unspecified atom stereocenters. The SMILES string of the molecule is CCCOc1ccc2[nH]cc(C(O)C3CCCCN3)c2c1. The Morgan fingerprint density at radius 2 is 2.29 bits per heavy atom. The number of aromatic nitrogens is 1. The number of fused-ring (bicyclic) bond motifs is 1. The summed E-state index contributed by atoms with van der Waals surface area (Å²) in [4.78, 5) is 3.25. The second kappa shape index (κ2) is 6.50. The van der Waals surface area contributed by atoms with Crippen molar-refractivity contribution in [2.75, 3.05) is 13.2 Å². The molecule has 3 rings (SSSR count). The number of aromatic amines is 1. The summed E-state index contributed by atoms with van der Waals surface area (Å²) in [6.07, 6.45) is 5.86. The van der Waals surface area contributed by atoms with E-state index in [4.69, 9.17) is 4.74 Å². The van der Waals surface area contributed by atoms with Crippen LogP contribution in [-0.4, -0.2) is 29.3 Å². The molecule has 2 atom stereocenters. The number of hydrogen-bond acceptors (Lipinski definition) is 3. The van der Waals surface area contributed by atoms with Gasteiger partial charge in [0.1, 0.15) is 5.75 Å². The lowest BCUT2D eigenvalue weighted by Crippen LogP contribution is -2.38. The molecule has 21 heavy (non-hydrogen) atoms. The zero-order valence-electron chi connectivity index (χ0n) is 12.6. The molecule has 4 nitrogen and oxygen atoms in total. The van der Waals surface area contributed by atoms with Crippen LogP contribution < -0.4 is 10.1 Å². The van der Waals surface area contributed by atoms with E-state index in [2.05, 4.69) is 17.2 Å². The third kappa shape index (κ3) is 3.06. The van der Waals surface area contributed by atoms with Gasteiger partial charge in [-0.05, 0) is 44.0 Å². The first-order chi connectivity index (χ1) is 10.3. The molecule has 114 valence electrons. The maximum absolute atomic E-state index is 10.7. The summed E-state index contributed by atoms with van der Waals surface area (Å²) < 4.78 is 5.70. The van der Waals surface area contributed by atoms with Gasteiger partial charge in [0.25, 0.3) is 0 Å². The number of aliphatic hydroxyl groups excluding tert-OH is 1. The number of H-pyrrole nitrogens is 1. The first-order valence-corrected chi connectivity index (χ1v) is 7.95. The van der Waals surface area contributed by atoms with Crippen molar-refractivity contribution in [3.63, 3.8) is 0 Å². The predicted octanol–water partition coefficient (Wildman–Crippen LogP) is 3.13. The van der Waals surface area contributed by atoms with Crippen LogP contribution in [0.4, 0.5) is 0 Å². The van der Waals surface area contributed by atoms with Crippen LogP contribution in [0.2, 0.25) is 0 Å². The second-order valence-corrected chi connectivity index (χ2v) is 5.80. The van der Waals surface area contributed by atoms with Gasteiger partial charge in [0.15, 0.2) is 0 Å². The van der Waals surface area contributed by atoms with Gasteiger partial charge in [-0.2, -0.15) is 0 Å². The van der Waals surface area contributed by atoms with Gasteiger partial charge in [-0.15, -0.1) is 0 Å². The lowest BCUT2D eigenvalue weighted by Gasteiger charge is -2.27. The normalized spacial score (nSPS) is 20.6. The minimum absolute atomic E-state index is 0.151. The van der Waals surface area contributed by atoms with Gasteiger partial charge in [0.05, 0.1) is 12.7 Å². The van der Waals surface area contributed by atoms with E-state index in [1.807, 2.05) is 24.4 Å². The molecule has 4 heteroatoms. The van der Waals surface area contributed by atoms with Crippen LogP contribution in [0.3, 0.4) is 0 Å². The number of benzene rings is 1. The van der Waals surface area contributed by atoms with E-state index in [0.29, 0.717) is 0 Å². The Labute approximate surface area is 125 Å². The molecule has 1 fully saturated rings. The summed E-state index contributed by atoms with van der Waals surface area (Å²) in [5.41, 5.74) is 2.01. The predicted molar refractivity (Wildman–Crippen MR) is 84.7 cm³/mol. The van der Waals surface area contributed by atoms with Crippen molar-refractivity contribution >= 4 is 10.9 Å². The lowest BCUT2D eigenvalue weighted by molar-refractivity contribution is 0.115. The highest BCUT2D eigenvalue weighted by atomic mass is 16.5. The van der Waals surface area contributed by atoms with E-state index in [1.165, 1.54) is 12.8 Å². The Bertz CT molecular complexity index is 587. The molecule has 1 aromatic heterocycles. The first kappa shape index (κ1) is 14.4. The first-order valence-electron chi connectivity index (χ1n) is 7.95. The molecule has 0 radical (unpaired) electrons. The Balaban J connectivity index is 1.86. The van der Waals surface area contributed by atoms with Crippen molar-refractivity contribution in [3.05, 3.63) is 30.0 Å². The van der Waals surface area contributed by atoms with Crippen LogP contribution in [0.5, 0.6) is 5.75 Å². The number of ether oxygens (including phenoxy) is 1. The standard InChI is InChI=1S/C17H24N2O2/c1-2-9-21-12-6-7-15-13(10-12)14(11-19-15)17(20)16-5-3-4-8-18-16/h6-7,10-11,16-20H,2-5,8-9H2,1H3. The van der Waals surface area contributed by atoms with E-state index in [9.17, 15) is 5.11 Å². The number of nitrogens with one attached hydrogen (secondary N) is 2.